The van der Waals surface area contributed by atoms with E-state index in [4.69, 9.17) is 18.9 Å². The van der Waals surface area contributed by atoms with Gasteiger partial charge < -0.3 is 18.9 Å². The van der Waals surface area contributed by atoms with Gasteiger partial charge in [-0.25, -0.2) is 4.79 Å². The molecule has 0 N–H and O–H groups in total. The number of nitrogens with zero attached hydrogens (tertiary/aromatic N) is 1. The van der Waals surface area contributed by atoms with Crippen LogP contribution in [0, 0.1) is 10.1 Å². The van der Waals surface area contributed by atoms with Gasteiger partial charge in [-0.1, -0.05) is 0 Å². The Morgan fingerprint density at radius 1 is 1.07 bits per heavy atom. The lowest BCUT2D eigenvalue weighted by Gasteiger charge is -2.09. The molecule has 1 aliphatic heterocycles. The van der Waals surface area contributed by atoms with Crippen LogP contribution in [-0.2, 0) is 4.74 Å². The van der Waals surface area contributed by atoms with E-state index in [1.807, 2.05) is 0 Å². The second kappa shape index (κ2) is 8.38. The molecule has 3 rings (SSSR count). The molecule has 0 saturated heterocycles. The molecular weight excluding hydrogens is 370 g/mol. The lowest BCUT2D eigenvalue weighted by atomic mass is 10.1. The molecule has 0 aliphatic carbocycles. The number of hydrogen-bond donors (Lipinski definition) is 0. The van der Waals surface area contributed by atoms with Crippen molar-refractivity contribution in [2.45, 2.75) is 6.42 Å². The van der Waals surface area contributed by atoms with Gasteiger partial charge in [0.25, 0.3) is 0 Å². The van der Waals surface area contributed by atoms with Crippen LogP contribution in [0.5, 0.6) is 17.2 Å². The van der Waals surface area contributed by atoms with Crippen molar-refractivity contribution in [3.05, 3.63) is 57.6 Å². The number of ether oxygens (including phenoxy) is 4. The number of fused-ring (bicyclic) bond motifs is 1. The van der Waals surface area contributed by atoms with Crippen LogP contribution in [0.1, 0.15) is 27.1 Å². The predicted molar refractivity (Wildman–Crippen MR) is 96.3 cm³/mol. The summed E-state index contributed by atoms with van der Waals surface area (Å²) in [6.45, 7) is 0.500. The first kappa shape index (κ1) is 19.2. The largest absolute Gasteiger partial charge is 0.490 e. The van der Waals surface area contributed by atoms with Gasteiger partial charge in [0, 0.05) is 18.1 Å². The second-order valence-electron chi connectivity index (χ2n) is 5.86. The fraction of sp³-hybridized carbons (Fsp3) is 0.263. The van der Waals surface area contributed by atoms with E-state index in [0.717, 1.165) is 12.5 Å². The molecule has 0 aromatic heterocycles. The van der Waals surface area contributed by atoms with Gasteiger partial charge in [-0.15, -0.1) is 0 Å². The summed E-state index contributed by atoms with van der Waals surface area (Å²) < 4.78 is 20.9. The normalized spacial score (nSPS) is 12.6. The molecule has 0 fully saturated rings. The molecule has 2 aromatic carbocycles. The maximum Gasteiger partial charge on any atom is 0.338 e. The molecular formula is C19H17NO8. The molecule has 2 aromatic rings. The molecule has 9 nitrogen and oxygen atoms in total. The Kier molecular flexibility index (Phi) is 5.73. The molecule has 0 atom stereocenters. The molecule has 1 heterocycles. The van der Waals surface area contributed by atoms with Crippen molar-refractivity contribution in [2.24, 2.45) is 0 Å². The highest BCUT2D eigenvalue weighted by atomic mass is 16.6. The maximum atomic E-state index is 12.3. The van der Waals surface area contributed by atoms with E-state index in [2.05, 4.69) is 0 Å². The van der Waals surface area contributed by atoms with Crippen LogP contribution in [0.15, 0.2) is 36.4 Å². The fourth-order valence-electron chi connectivity index (χ4n) is 2.59. The number of carbonyl (C=O) groups excluding carboxylic acids is 2. The number of Topliss-reactive ketones (excluding diaryl/α,β-unsaturated/α-hetero) is 1. The van der Waals surface area contributed by atoms with Gasteiger partial charge in [-0.2, -0.15) is 0 Å². The highest BCUT2D eigenvalue weighted by Crippen LogP contribution is 2.31. The van der Waals surface area contributed by atoms with Crippen molar-refractivity contribution in [3.63, 3.8) is 0 Å². The first-order chi connectivity index (χ1) is 13.5. The summed E-state index contributed by atoms with van der Waals surface area (Å²) in [5, 5.41) is 11.0. The van der Waals surface area contributed by atoms with Crippen LogP contribution in [0.25, 0.3) is 0 Å². The van der Waals surface area contributed by atoms with Crippen molar-refractivity contribution in [1.82, 2.24) is 0 Å². The van der Waals surface area contributed by atoms with Crippen LogP contribution < -0.4 is 14.2 Å². The third-order valence-corrected chi connectivity index (χ3v) is 4.02. The van der Waals surface area contributed by atoms with Crippen molar-refractivity contribution < 1.29 is 33.5 Å². The smallest absolute Gasteiger partial charge is 0.338 e. The lowest BCUT2D eigenvalue weighted by Crippen LogP contribution is -2.14. The minimum atomic E-state index is -0.853. The number of esters is 1. The number of benzene rings is 2. The average molecular weight is 387 g/mol. The summed E-state index contributed by atoms with van der Waals surface area (Å²) in [5.41, 5.74) is -0.122. The van der Waals surface area contributed by atoms with E-state index >= 15 is 0 Å². The number of nitro benzene ring substituents is 1. The molecule has 28 heavy (non-hydrogen) atoms. The highest BCUT2D eigenvalue weighted by Gasteiger charge is 2.20. The lowest BCUT2D eigenvalue weighted by molar-refractivity contribution is -0.385. The second-order valence-corrected chi connectivity index (χ2v) is 5.86. The quantitative estimate of drug-likeness (QED) is 0.322. The van der Waals surface area contributed by atoms with Crippen molar-refractivity contribution in [2.75, 3.05) is 26.9 Å². The third-order valence-electron chi connectivity index (χ3n) is 4.02. The monoisotopic (exact) mass is 387 g/mol. The average Bonchev–Trinajstić information content (AvgIpc) is 2.95. The number of nitro groups is 1. The summed E-state index contributed by atoms with van der Waals surface area (Å²) in [4.78, 5) is 34.9. The van der Waals surface area contributed by atoms with Gasteiger partial charge in [0.05, 0.1) is 30.8 Å². The van der Waals surface area contributed by atoms with Gasteiger partial charge in [-0.05, 0) is 30.3 Å². The number of ketones is 1. The molecule has 0 bridgehead atoms. The van der Waals surface area contributed by atoms with E-state index in [1.165, 1.54) is 25.3 Å². The molecule has 1 aliphatic rings. The number of methoxy groups -OCH3 is 1. The summed E-state index contributed by atoms with van der Waals surface area (Å²) in [5.74, 6) is -0.262. The Balaban J connectivity index is 1.68. The van der Waals surface area contributed by atoms with Crippen LogP contribution in [-0.4, -0.2) is 43.6 Å². The van der Waals surface area contributed by atoms with Crippen molar-refractivity contribution >= 4 is 17.4 Å². The van der Waals surface area contributed by atoms with Crippen LogP contribution >= 0.6 is 0 Å². The Morgan fingerprint density at radius 3 is 2.50 bits per heavy atom. The minimum absolute atomic E-state index is 0.0184. The van der Waals surface area contributed by atoms with Crippen LogP contribution in [0.4, 0.5) is 5.69 Å². The summed E-state index contributed by atoms with van der Waals surface area (Å²) in [7, 11) is 1.29. The van der Waals surface area contributed by atoms with Gasteiger partial charge >= 0.3 is 11.7 Å². The Morgan fingerprint density at radius 2 is 1.79 bits per heavy atom. The van der Waals surface area contributed by atoms with Crippen molar-refractivity contribution in [3.8, 4) is 17.2 Å². The minimum Gasteiger partial charge on any atom is -0.490 e. The Labute approximate surface area is 159 Å². The number of rotatable bonds is 6. The SMILES string of the molecule is COc1ccc(C(=O)OCC(=O)c2ccc3c(c2)OCCCO3)cc1[N+](=O)[O-]. The summed E-state index contributed by atoms with van der Waals surface area (Å²) >= 11 is 0. The summed E-state index contributed by atoms with van der Waals surface area (Å²) in [6.07, 6.45) is 0.740. The fourth-order valence-corrected chi connectivity index (χ4v) is 2.59. The van der Waals surface area contributed by atoms with Crippen LogP contribution in [0.2, 0.25) is 0 Å². The molecule has 0 radical (unpaired) electrons. The van der Waals surface area contributed by atoms with Gasteiger partial charge in [0.15, 0.2) is 29.6 Å². The summed E-state index contributed by atoms with van der Waals surface area (Å²) in [6, 6.07) is 8.38. The number of hydrogen-bond acceptors (Lipinski definition) is 8. The van der Waals surface area contributed by atoms with Crippen molar-refractivity contribution in [1.29, 1.82) is 0 Å². The van der Waals surface area contributed by atoms with Gasteiger partial charge in [0.2, 0.25) is 0 Å². The molecule has 9 heteroatoms. The van der Waals surface area contributed by atoms with Crippen LogP contribution in [0.3, 0.4) is 0 Å². The zero-order valence-corrected chi connectivity index (χ0v) is 15.0. The van der Waals surface area contributed by atoms with E-state index in [9.17, 15) is 19.7 Å². The first-order valence-electron chi connectivity index (χ1n) is 8.42. The molecule has 0 amide bonds. The molecule has 0 saturated carbocycles. The third kappa shape index (κ3) is 4.20. The predicted octanol–water partition coefficient (Wildman–Crippen LogP) is 2.80. The standard InChI is InChI=1S/C19H17NO8/c1-25-16-5-4-13(9-14(16)20(23)24)19(22)28-11-15(21)12-3-6-17-18(10-12)27-8-2-7-26-17/h3-6,9-10H,2,7-8,11H2,1H3. The van der Waals surface area contributed by atoms with E-state index in [-0.39, 0.29) is 17.0 Å². The topological polar surface area (TPSA) is 114 Å². The molecule has 0 spiro atoms. The van der Waals surface area contributed by atoms with E-state index < -0.39 is 23.3 Å². The Bertz CT molecular complexity index is 924. The van der Waals surface area contributed by atoms with E-state index in [1.54, 1.807) is 12.1 Å². The first-order valence-corrected chi connectivity index (χ1v) is 8.42. The number of carbonyl (C=O) groups is 2. The molecule has 146 valence electrons. The Hall–Kier alpha value is -3.62. The highest BCUT2D eigenvalue weighted by molar-refractivity contribution is 6.00. The zero-order valence-electron chi connectivity index (χ0n) is 15.0. The zero-order chi connectivity index (χ0) is 20.1. The van der Waals surface area contributed by atoms with E-state index in [0.29, 0.717) is 30.3 Å². The maximum absolute atomic E-state index is 12.3. The molecule has 0 unspecified atom stereocenters. The van der Waals surface area contributed by atoms with Gasteiger partial charge in [0.1, 0.15) is 0 Å². The van der Waals surface area contributed by atoms with Gasteiger partial charge in [-0.3, -0.25) is 14.9 Å².